The normalized spacial score (nSPS) is 12.4. The number of carbonyl (C=O) groups excluding carboxylic acids is 1. The van der Waals surface area contributed by atoms with E-state index in [9.17, 15) is 9.18 Å². The number of nitrogens with one attached hydrogen (secondary N) is 2. The summed E-state index contributed by atoms with van der Waals surface area (Å²) in [5.74, 6) is -0.0933. The molecule has 0 unspecified atom stereocenters. The molecule has 1 aliphatic heterocycles. The van der Waals surface area contributed by atoms with Gasteiger partial charge in [-0.2, -0.15) is 0 Å². The van der Waals surface area contributed by atoms with E-state index in [0.29, 0.717) is 22.8 Å². The largest absolute Gasteiger partial charge is 0.384 e. The van der Waals surface area contributed by atoms with Crippen LogP contribution in [0.5, 0.6) is 0 Å². The van der Waals surface area contributed by atoms with Crippen molar-refractivity contribution in [3.63, 3.8) is 0 Å². The van der Waals surface area contributed by atoms with Gasteiger partial charge >= 0.3 is 0 Å². The molecule has 1 aliphatic rings. The molecule has 0 bridgehead atoms. The summed E-state index contributed by atoms with van der Waals surface area (Å²) in [6.07, 6.45) is 2.95. The minimum atomic E-state index is -0.369. The Balaban J connectivity index is 1.53. The fourth-order valence-electron chi connectivity index (χ4n) is 3.34. The van der Waals surface area contributed by atoms with Gasteiger partial charge in [0.15, 0.2) is 0 Å². The first kappa shape index (κ1) is 17.5. The highest BCUT2D eigenvalue weighted by molar-refractivity contribution is 6.30. The summed E-state index contributed by atoms with van der Waals surface area (Å²) < 4.78 is 13.5. The van der Waals surface area contributed by atoms with E-state index in [1.807, 2.05) is 24.3 Å². The Morgan fingerprint density at radius 3 is 2.93 bits per heavy atom. The lowest BCUT2D eigenvalue weighted by Gasteiger charge is -2.10. The van der Waals surface area contributed by atoms with Gasteiger partial charge in [-0.1, -0.05) is 17.7 Å². The average Bonchev–Trinajstić information content (AvgIpc) is 3.09. The highest BCUT2D eigenvalue weighted by atomic mass is 35.5. The first-order valence-electron chi connectivity index (χ1n) is 8.65. The highest BCUT2D eigenvalue weighted by Crippen LogP contribution is 2.26. The molecule has 4 nitrogen and oxygen atoms in total. The Bertz CT molecular complexity index is 1000. The van der Waals surface area contributed by atoms with Gasteiger partial charge in [0.1, 0.15) is 11.6 Å². The van der Waals surface area contributed by atoms with Crippen LogP contribution >= 0.6 is 11.6 Å². The van der Waals surface area contributed by atoms with E-state index in [2.05, 4.69) is 15.6 Å². The minimum absolute atomic E-state index is 0.186. The third-order valence-corrected chi connectivity index (χ3v) is 4.73. The van der Waals surface area contributed by atoms with Gasteiger partial charge < -0.3 is 10.6 Å². The van der Waals surface area contributed by atoms with E-state index in [1.165, 1.54) is 12.1 Å². The number of amides is 1. The van der Waals surface area contributed by atoms with Crippen LogP contribution in [0, 0.1) is 5.82 Å². The Labute approximate surface area is 161 Å². The zero-order valence-electron chi connectivity index (χ0n) is 14.4. The second-order valence-electron chi connectivity index (χ2n) is 6.47. The summed E-state index contributed by atoms with van der Waals surface area (Å²) >= 11 is 5.92. The van der Waals surface area contributed by atoms with Gasteiger partial charge in [0.25, 0.3) is 5.91 Å². The SMILES string of the molecule is O=C(Nc1cc(Cc2cc(F)cc(Cl)c2)ccn1)c1cccc2c1CCN2. The maximum Gasteiger partial charge on any atom is 0.257 e. The monoisotopic (exact) mass is 381 g/mol. The predicted molar refractivity (Wildman–Crippen MR) is 105 cm³/mol. The molecule has 1 amide bonds. The Morgan fingerprint density at radius 1 is 1.19 bits per heavy atom. The van der Waals surface area contributed by atoms with E-state index >= 15 is 0 Å². The molecule has 1 aromatic heterocycles. The molecular weight excluding hydrogens is 365 g/mol. The molecule has 0 fully saturated rings. The Hall–Kier alpha value is -2.92. The molecular formula is C21H17ClFN3O. The maximum atomic E-state index is 13.5. The number of aromatic nitrogens is 1. The number of carbonyl (C=O) groups is 1. The average molecular weight is 382 g/mol. The summed E-state index contributed by atoms with van der Waals surface area (Å²) in [5.41, 5.74) is 4.35. The quantitative estimate of drug-likeness (QED) is 0.689. The number of benzene rings is 2. The molecule has 0 saturated heterocycles. The van der Waals surface area contributed by atoms with Crippen molar-refractivity contribution in [2.45, 2.75) is 12.8 Å². The van der Waals surface area contributed by atoms with Crippen LogP contribution in [0.25, 0.3) is 0 Å². The van der Waals surface area contributed by atoms with Gasteiger partial charge in [-0.15, -0.1) is 0 Å². The number of pyridine rings is 1. The van der Waals surface area contributed by atoms with Crippen LogP contribution in [0.2, 0.25) is 5.02 Å². The van der Waals surface area contributed by atoms with Crippen LogP contribution in [0.3, 0.4) is 0 Å². The van der Waals surface area contributed by atoms with E-state index in [-0.39, 0.29) is 11.7 Å². The van der Waals surface area contributed by atoms with Gasteiger partial charge in [-0.3, -0.25) is 4.79 Å². The number of hydrogen-bond donors (Lipinski definition) is 2. The fraction of sp³-hybridized carbons (Fsp3) is 0.143. The van der Waals surface area contributed by atoms with Crippen LogP contribution in [0.4, 0.5) is 15.9 Å². The summed E-state index contributed by atoms with van der Waals surface area (Å²) in [4.78, 5) is 16.9. The summed E-state index contributed by atoms with van der Waals surface area (Å²) in [6.45, 7) is 0.837. The van der Waals surface area contributed by atoms with Gasteiger partial charge in [0.05, 0.1) is 0 Å². The van der Waals surface area contributed by atoms with Gasteiger partial charge in [-0.25, -0.2) is 9.37 Å². The van der Waals surface area contributed by atoms with E-state index in [1.54, 1.807) is 18.3 Å². The number of fused-ring (bicyclic) bond motifs is 1. The van der Waals surface area contributed by atoms with Crippen molar-refractivity contribution in [3.05, 3.63) is 87.8 Å². The molecule has 0 aliphatic carbocycles. The van der Waals surface area contributed by atoms with Crippen LogP contribution in [0.1, 0.15) is 27.0 Å². The third-order valence-electron chi connectivity index (χ3n) is 4.51. The maximum absolute atomic E-state index is 13.5. The smallest absolute Gasteiger partial charge is 0.257 e. The lowest BCUT2D eigenvalue weighted by Crippen LogP contribution is -2.15. The van der Waals surface area contributed by atoms with Crippen LogP contribution < -0.4 is 10.6 Å². The summed E-state index contributed by atoms with van der Waals surface area (Å²) in [5, 5.41) is 6.49. The van der Waals surface area contributed by atoms with E-state index in [4.69, 9.17) is 11.6 Å². The van der Waals surface area contributed by atoms with Crippen molar-refractivity contribution in [1.29, 1.82) is 0 Å². The van der Waals surface area contributed by atoms with Gasteiger partial charge in [-0.05, 0) is 72.0 Å². The number of rotatable bonds is 4. The fourth-order valence-corrected chi connectivity index (χ4v) is 3.59. The van der Waals surface area contributed by atoms with Gasteiger partial charge in [0, 0.05) is 29.0 Å². The molecule has 2 aromatic carbocycles. The minimum Gasteiger partial charge on any atom is -0.384 e. The number of nitrogens with zero attached hydrogens (tertiary/aromatic N) is 1. The molecule has 6 heteroatoms. The standard InChI is InChI=1S/C21H17ClFN3O/c22-15-9-14(10-16(23)12-15)8-13-4-6-25-20(11-13)26-21(27)18-2-1-3-19-17(18)5-7-24-19/h1-4,6,9-12,24H,5,7-8H2,(H,25,26,27). The summed E-state index contributed by atoms with van der Waals surface area (Å²) in [6, 6.07) is 13.7. The zero-order valence-corrected chi connectivity index (χ0v) is 15.2. The van der Waals surface area contributed by atoms with Crippen LogP contribution in [0.15, 0.2) is 54.7 Å². The molecule has 2 heterocycles. The van der Waals surface area contributed by atoms with Crippen LogP contribution in [-0.2, 0) is 12.8 Å². The number of anilines is 2. The molecule has 0 atom stereocenters. The van der Waals surface area contributed by atoms with Crippen molar-refractivity contribution in [3.8, 4) is 0 Å². The molecule has 0 spiro atoms. The van der Waals surface area contributed by atoms with E-state index in [0.717, 1.165) is 35.3 Å². The first-order chi connectivity index (χ1) is 13.1. The second-order valence-corrected chi connectivity index (χ2v) is 6.90. The van der Waals surface area contributed by atoms with Crippen molar-refractivity contribution in [2.75, 3.05) is 17.2 Å². The first-order valence-corrected chi connectivity index (χ1v) is 9.03. The third kappa shape index (κ3) is 3.93. The Kier molecular flexibility index (Phi) is 4.77. The van der Waals surface area contributed by atoms with Gasteiger partial charge in [0.2, 0.25) is 0 Å². The van der Waals surface area contributed by atoms with Crippen molar-refractivity contribution < 1.29 is 9.18 Å². The Morgan fingerprint density at radius 2 is 2.07 bits per heavy atom. The summed E-state index contributed by atoms with van der Waals surface area (Å²) in [7, 11) is 0. The zero-order chi connectivity index (χ0) is 18.8. The predicted octanol–water partition coefficient (Wildman–Crippen LogP) is 4.69. The van der Waals surface area contributed by atoms with Crippen molar-refractivity contribution in [1.82, 2.24) is 4.98 Å². The molecule has 0 saturated carbocycles. The number of hydrogen-bond acceptors (Lipinski definition) is 3. The topological polar surface area (TPSA) is 54.0 Å². The molecule has 2 N–H and O–H groups in total. The van der Waals surface area contributed by atoms with Crippen LogP contribution in [-0.4, -0.2) is 17.4 Å². The lowest BCUT2D eigenvalue weighted by atomic mass is 10.0. The van der Waals surface area contributed by atoms with Crippen molar-refractivity contribution >= 4 is 29.0 Å². The second kappa shape index (κ2) is 7.37. The highest BCUT2D eigenvalue weighted by Gasteiger charge is 2.18. The molecule has 136 valence electrons. The van der Waals surface area contributed by atoms with Crippen molar-refractivity contribution in [2.24, 2.45) is 0 Å². The lowest BCUT2D eigenvalue weighted by molar-refractivity contribution is 0.102. The number of halogens is 2. The molecule has 3 aromatic rings. The molecule has 27 heavy (non-hydrogen) atoms. The molecule has 0 radical (unpaired) electrons. The van der Waals surface area contributed by atoms with E-state index < -0.39 is 0 Å². The molecule has 4 rings (SSSR count).